The minimum absolute atomic E-state index is 0.0461. The fourth-order valence-corrected chi connectivity index (χ4v) is 3.25. The van der Waals surface area contributed by atoms with Crippen LogP contribution in [0.15, 0.2) is 59.8 Å². The van der Waals surface area contributed by atoms with Crippen molar-refractivity contribution in [3.63, 3.8) is 0 Å². The van der Waals surface area contributed by atoms with Crippen LogP contribution < -0.4 is 4.72 Å². The highest BCUT2D eigenvalue weighted by atomic mass is 32.2. The fraction of sp³-hybridized carbons (Fsp3) is 0.250. The van der Waals surface area contributed by atoms with E-state index in [1.54, 1.807) is 31.2 Å². The number of sulfonamides is 1. The van der Waals surface area contributed by atoms with Crippen LogP contribution in [0.4, 0.5) is 0 Å². The van der Waals surface area contributed by atoms with Crippen molar-refractivity contribution in [3.8, 4) is 0 Å². The van der Waals surface area contributed by atoms with Gasteiger partial charge in [0.25, 0.3) is 0 Å². The number of esters is 1. The number of pyridine rings is 1. The summed E-state index contributed by atoms with van der Waals surface area (Å²) < 4.78 is 32.4. The molecule has 1 aromatic heterocycles. The van der Waals surface area contributed by atoms with Crippen LogP contribution in [-0.2, 0) is 19.6 Å². The van der Waals surface area contributed by atoms with Gasteiger partial charge in [-0.3, -0.25) is 9.78 Å². The monoisotopic (exact) mass is 334 g/mol. The SMILES string of the molecule is CCOC(=O)C[C@@H](NS(=O)(=O)c1cccnc1)c1ccccc1. The lowest BCUT2D eigenvalue weighted by Crippen LogP contribution is -2.30. The summed E-state index contributed by atoms with van der Waals surface area (Å²) in [5, 5.41) is 0. The average molecular weight is 334 g/mol. The van der Waals surface area contributed by atoms with Crippen LogP contribution in [0.2, 0.25) is 0 Å². The number of rotatable bonds is 7. The van der Waals surface area contributed by atoms with Gasteiger partial charge in [0.15, 0.2) is 0 Å². The van der Waals surface area contributed by atoms with Gasteiger partial charge in [0, 0.05) is 12.4 Å². The van der Waals surface area contributed by atoms with E-state index in [0.29, 0.717) is 5.56 Å². The molecule has 1 atom stereocenters. The Labute approximate surface area is 135 Å². The molecule has 2 rings (SSSR count). The predicted octanol–water partition coefficient (Wildman–Crippen LogP) is 2.05. The first kappa shape index (κ1) is 17.1. The van der Waals surface area contributed by atoms with E-state index < -0.39 is 22.0 Å². The highest BCUT2D eigenvalue weighted by Gasteiger charge is 2.24. The summed E-state index contributed by atoms with van der Waals surface area (Å²) >= 11 is 0. The number of aromatic nitrogens is 1. The maximum absolute atomic E-state index is 12.5. The Kier molecular flexibility index (Phi) is 5.84. The third-order valence-electron chi connectivity index (χ3n) is 3.12. The quantitative estimate of drug-likeness (QED) is 0.783. The van der Waals surface area contributed by atoms with Crippen LogP contribution in [0.25, 0.3) is 0 Å². The number of benzene rings is 1. The molecule has 0 aliphatic rings. The summed E-state index contributed by atoms with van der Waals surface area (Å²) in [6.07, 6.45) is 2.67. The Morgan fingerprint density at radius 3 is 2.57 bits per heavy atom. The number of carbonyl (C=O) groups is 1. The maximum Gasteiger partial charge on any atom is 0.307 e. The van der Waals surface area contributed by atoms with Crippen LogP contribution in [0.5, 0.6) is 0 Å². The molecular formula is C16H18N2O4S. The normalized spacial score (nSPS) is 12.6. The van der Waals surface area contributed by atoms with Gasteiger partial charge in [0.05, 0.1) is 19.1 Å². The molecule has 0 unspecified atom stereocenters. The standard InChI is InChI=1S/C16H18N2O4S/c1-2-22-16(19)11-15(13-7-4-3-5-8-13)18-23(20,21)14-9-6-10-17-12-14/h3-10,12,15,18H,2,11H2,1H3/t15-/m1/s1. The molecule has 0 bridgehead atoms. The third-order valence-corrected chi connectivity index (χ3v) is 4.58. The summed E-state index contributed by atoms with van der Waals surface area (Å²) in [7, 11) is -3.79. The van der Waals surface area contributed by atoms with Crippen molar-refractivity contribution in [1.82, 2.24) is 9.71 Å². The number of ether oxygens (including phenoxy) is 1. The van der Waals surface area contributed by atoms with Gasteiger partial charge in [0.1, 0.15) is 4.90 Å². The number of nitrogens with zero attached hydrogens (tertiary/aromatic N) is 1. The van der Waals surface area contributed by atoms with Gasteiger partial charge in [-0.1, -0.05) is 30.3 Å². The summed E-state index contributed by atoms with van der Waals surface area (Å²) in [5.41, 5.74) is 0.688. The van der Waals surface area contributed by atoms with Gasteiger partial charge in [-0.05, 0) is 24.6 Å². The van der Waals surface area contributed by atoms with Gasteiger partial charge in [0.2, 0.25) is 10.0 Å². The van der Waals surface area contributed by atoms with Gasteiger partial charge in [-0.25, -0.2) is 13.1 Å². The van der Waals surface area contributed by atoms with Crippen LogP contribution in [0.1, 0.15) is 24.9 Å². The summed E-state index contributed by atoms with van der Waals surface area (Å²) in [6, 6.07) is 11.2. The molecule has 0 saturated carbocycles. The van der Waals surface area contributed by atoms with Crippen LogP contribution in [-0.4, -0.2) is 26.0 Å². The topological polar surface area (TPSA) is 85.4 Å². The van der Waals surface area contributed by atoms with Crippen molar-refractivity contribution in [1.29, 1.82) is 0 Å². The van der Waals surface area contributed by atoms with Crippen molar-refractivity contribution < 1.29 is 17.9 Å². The molecule has 1 heterocycles. The maximum atomic E-state index is 12.5. The second kappa shape index (κ2) is 7.85. The highest BCUT2D eigenvalue weighted by Crippen LogP contribution is 2.20. The van der Waals surface area contributed by atoms with E-state index in [0.717, 1.165) is 0 Å². The van der Waals surface area contributed by atoms with Crippen LogP contribution >= 0.6 is 0 Å². The molecule has 0 saturated heterocycles. The van der Waals surface area contributed by atoms with Crippen LogP contribution in [0, 0.1) is 0 Å². The Hall–Kier alpha value is -2.25. The first-order valence-electron chi connectivity index (χ1n) is 7.16. The molecule has 0 aliphatic heterocycles. The van der Waals surface area contributed by atoms with Crippen molar-refractivity contribution in [2.45, 2.75) is 24.3 Å². The minimum atomic E-state index is -3.79. The molecule has 0 fully saturated rings. The third kappa shape index (κ3) is 4.87. The van der Waals surface area contributed by atoms with Crippen LogP contribution in [0.3, 0.4) is 0 Å². The molecule has 7 heteroatoms. The first-order valence-corrected chi connectivity index (χ1v) is 8.64. The second-order valence-corrected chi connectivity index (χ2v) is 6.50. The molecule has 2 aromatic rings. The van der Waals surface area contributed by atoms with Crippen molar-refractivity contribution in [2.24, 2.45) is 0 Å². The molecule has 0 radical (unpaired) electrons. The number of carbonyl (C=O) groups excluding carboxylic acids is 1. The van der Waals surface area contributed by atoms with Gasteiger partial charge in [-0.2, -0.15) is 0 Å². The fourth-order valence-electron chi connectivity index (χ4n) is 2.06. The average Bonchev–Trinajstić information content (AvgIpc) is 2.56. The Balaban J connectivity index is 2.26. The van der Waals surface area contributed by atoms with Gasteiger partial charge < -0.3 is 4.74 Å². The van der Waals surface area contributed by atoms with Gasteiger partial charge in [-0.15, -0.1) is 0 Å². The van der Waals surface area contributed by atoms with E-state index in [1.807, 2.05) is 6.07 Å². The molecule has 0 amide bonds. The number of hydrogen-bond acceptors (Lipinski definition) is 5. The number of hydrogen-bond donors (Lipinski definition) is 1. The molecule has 6 nitrogen and oxygen atoms in total. The Morgan fingerprint density at radius 1 is 1.22 bits per heavy atom. The van der Waals surface area contributed by atoms with E-state index in [1.165, 1.54) is 24.5 Å². The summed E-state index contributed by atoms with van der Waals surface area (Å²) in [6.45, 7) is 1.95. The van der Waals surface area contributed by atoms with E-state index in [4.69, 9.17) is 4.74 Å². The Morgan fingerprint density at radius 2 is 1.96 bits per heavy atom. The van der Waals surface area contributed by atoms with Crippen molar-refractivity contribution in [2.75, 3.05) is 6.61 Å². The zero-order valence-corrected chi connectivity index (χ0v) is 13.5. The predicted molar refractivity (Wildman–Crippen MR) is 85.0 cm³/mol. The summed E-state index contributed by atoms with van der Waals surface area (Å²) in [5.74, 6) is -0.463. The second-order valence-electron chi connectivity index (χ2n) is 4.78. The summed E-state index contributed by atoms with van der Waals surface area (Å²) in [4.78, 5) is 15.6. The van der Waals surface area contributed by atoms with E-state index in [2.05, 4.69) is 9.71 Å². The lowest BCUT2D eigenvalue weighted by molar-refractivity contribution is -0.143. The van der Waals surface area contributed by atoms with Gasteiger partial charge >= 0.3 is 5.97 Å². The lowest BCUT2D eigenvalue weighted by atomic mass is 10.1. The van der Waals surface area contributed by atoms with E-state index in [-0.39, 0.29) is 17.9 Å². The largest absolute Gasteiger partial charge is 0.466 e. The van der Waals surface area contributed by atoms with E-state index in [9.17, 15) is 13.2 Å². The smallest absolute Gasteiger partial charge is 0.307 e. The lowest BCUT2D eigenvalue weighted by Gasteiger charge is -2.18. The number of nitrogens with one attached hydrogen (secondary N) is 1. The van der Waals surface area contributed by atoms with Crippen molar-refractivity contribution >= 4 is 16.0 Å². The van der Waals surface area contributed by atoms with Crippen molar-refractivity contribution in [3.05, 3.63) is 60.4 Å². The molecule has 122 valence electrons. The highest BCUT2D eigenvalue weighted by molar-refractivity contribution is 7.89. The zero-order valence-electron chi connectivity index (χ0n) is 12.7. The molecular weight excluding hydrogens is 316 g/mol. The molecule has 0 aliphatic carbocycles. The Bertz CT molecular complexity index is 733. The molecule has 23 heavy (non-hydrogen) atoms. The minimum Gasteiger partial charge on any atom is -0.466 e. The zero-order chi connectivity index (χ0) is 16.7. The first-order chi connectivity index (χ1) is 11.0. The molecule has 1 aromatic carbocycles. The molecule has 1 N–H and O–H groups in total. The van der Waals surface area contributed by atoms with E-state index >= 15 is 0 Å². The molecule has 0 spiro atoms.